The van der Waals surface area contributed by atoms with Crippen molar-refractivity contribution in [3.8, 4) is 5.69 Å². The number of ether oxygens (including phenoxy) is 1. The maximum atomic E-state index is 14.5. The third-order valence-corrected chi connectivity index (χ3v) is 10.2. The predicted octanol–water partition coefficient (Wildman–Crippen LogP) is 5.36. The van der Waals surface area contributed by atoms with Gasteiger partial charge in [-0.15, -0.1) is 0 Å². The molecule has 3 aliphatic rings. The number of alkyl halides is 3. The first-order valence-electron chi connectivity index (χ1n) is 17.5. The molecule has 3 aliphatic heterocycles. The van der Waals surface area contributed by atoms with Crippen LogP contribution in [0.5, 0.6) is 0 Å². The van der Waals surface area contributed by atoms with Gasteiger partial charge in [-0.2, -0.15) is 18.3 Å². The number of amides is 3. The Morgan fingerprint density at radius 3 is 2.34 bits per heavy atom. The standard InChI is InChI=1S/C39H38F4N6O4/c1-3-47-37-33(32(24-12-14-27(40)15-13-24)34(38(47)52)45-36(51)25-8-7-9-26(18-25)39(41,42)43)31(46-49(37)28-10-5-4-6-11-28)19-44-35(50)23(2)20-48-29-16-17-30(48)22-53-21-29/h4-15,18,29-30,32,34H,2-3,16-17,19-22H2,1H3,(H,44,50)(H,45,51)/t29?,30?,32-,34-/m0/s1. The molecule has 10 nitrogen and oxygen atoms in total. The Morgan fingerprint density at radius 2 is 1.68 bits per heavy atom. The third-order valence-electron chi connectivity index (χ3n) is 10.2. The van der Waals surface area contributed by atoms with E-state index in [1.54, 1.807) is 23.7 Å². The molecule has 2 N–H and O–H groups in total. The lowest BCUT2D eigenvalue weighted by Crippen LogP contribution is -2.55. The van der Waals surface area contributed by atoms with Gasteiger partial charge in [-0.3, -0.25) is 24.2 Å². The summed E-state index contributed by atoms with van der Waals surface area (Å²) in [5.41, 5.74) is 0.967. The molecule has 276 valence electrons. The molecule has 3 amide bonds. The summed E-state index contributed by atoms with van der Waals surface area (Å²) in [6.45, 7) is 7.46. The summed E-state index contributed by atoms with van der Waals surface area (Å²) in [7, 11) is 0. The van der Waals surface area contributed by atoms with Crippen LogP contribution < -0.4 is 15.5 Å². The Hall–Kier alpha value is -5.34. The molecule has 4 atom stereocenters. The van der Waals surface area contributed by atoms with E-state index >= 15 is 0 Å². The molecule has 7 rings (SSSR count). The minimum atomic E-state index is -4.69. The number of halogens is 4. The van der Waals surface area contributed by atoms with E-state index in [-0.39, 0.29) is 36.6 Å². The van der Waals surface area contributed by atoms with Crippen LogP contribution in [-0.4, -0.2) is 76.8 Å². The summed E-state index contributed by atoms with van der Waals surface area (Å²) in [5, 5.41) is 10.6. The first kappa shape index (κ1) is 36.0. The maximum Gasteiger partial charge on any atom is 0.416 e. The number of rotatable bonds is 10. The number of nitrogens with one attached hydrogen (secondary N) is 2. The van der Waals surface area contributed by atoms with Gasteiger partial charge in [-0.05, 0) is 67.8 Å². The summed E-state index contributed by atoms with van der Waals surface area (Å²) in [6.07, 6.45) is -2.71. The highest BCUT2D eigenvalue weighted by Crippen LogP contribution is 2.44. The Kier molecular flexibility index (Phi) is 9.92. The highest BCUT2D eigenvalue weighted by atomic mass is 19.4. The molecule has 2 unspecified atom stereocenters. The van der Waals surface area contributed by atoms with E-state index in [0.29, 0.717) is 53.7 Å². The number of carbonyl (C=O) groups excluding carboxylic acids is 3. The quantitative estimate of drug-likeness (QED) is 0.168. The number of para-hydroxylation sites is 1. The molecule has 53 heavy (non-hydrogen) atoms. The third kappa shape index (κ3) is 7.08. The first-order chi connectivity index (χ1) is 25.4. The van der Waals surface area contributed by atoms with Crippen molar-refractivity contribution in [3.05, 3.63) is 125 Å². The molecule has 2 fully saturated rings. The van der Waals surface area contributed by atoms with Crippen LogP contribution in [0, 0.1) is 5.82 Å². The average Bonchev–Trinajstić information content (AvgIpc) is 3.61. The number of nitrogens with zero attached hydrogens (tertiary/aromatic N) is 4. The number of hydrogen-bond donors (Lipinski definition) is 2. The number of fused-ring (bicyclic) bond motifs is 3. The second kappa shape index (κ2) is 14.6. The summed E-state index contributed by atoms with van der Waals surface area (Å²) < 4.78 is 62.3. The van der Waals surface area contributed by atoms with Crippen molar-refractivity contribution in [1.82, 2.24) is 25.3 Å². The second-order valence-corrected chi connectivity index (χ2v) is 13.5. The van der Waals surface area contributed by atoms with Crippen LogP contribution in [0.3, 0.4) is 0 Å². The van der Waals surface area contributed by atoms with E-state index in [1.807, 2.05) is 18.2 Å². The van der Waals surface area contributed by atoms with Gasteiger partial charge in [0.1, 0.15) is 17.7 Å². The molecule has 0 aliphatic carbocycles. The van der Waals surface area contributed by atoms with Crippen molar-refractivity contribution in [1.29, 1.82) is 0 Å². The highest BCUT2D eigenvalue weighted by molar-refractivity contribution is 6.05. The number of benzene rings is 3. The topological polar surface area (TPSA) is 109 Å². The van der Waals surface area contributed by atoms with Gasteiger partial charge in [-0.1, -0.05) is 43.0 Å². The SMILES string of the molecule is C=C(CN1C2CCC1COC2)C(=O)NCc1nn(-c2ccccc2)c2c1[C@H](c1ccc(F)cc1)[C@H](NC(=O)c1cccc(C(F)(F)F)c1)C(=O)N2CC. The highest BCUT2D eigenvalue weighted by Gasteiger charge is 2.46. The molecular formula is C39H38F4N6O4. The lowest BCUT2D eigenvalue weighted by Gasteiger charge is -2.38. The van der Waals surface area contributed by atoms with Gasteiger partial charge in [0.25, 0.3) is 11.8 Å². The van der Waals surface area contributed by atoms with E-state index in [1.165, 1.54) is 35.2 Å². The van der Waals surface area contributed by atoms with E-state index in [9.17, 15) is 31.9 Å². The minimum absolute atomic E-state index is 0.0896. The van der Waals surface area contributed by atoms with Gasteiger partial charge < -0.3 is 15.4 Å². The van der Waals surface area contributed by atoms with Gasteiger partial charge in [0, 0.05) is 47.8 Å². The number of morpholine rings is 1. The Labute approximate surface area is 303 Å². The first-order valence-corrected chi connectivity index (χ1v) is 17.5. The van der Waals surface area contributed by atoms with Crippen LogP contribution in [0.1, 0.15) is 58.4 Å². The fourth-order valence-corrected chi connectivity index (χ4v) is 7.60. The zero-order chi connectivity index (χ0) is 37.4. The van der Waals surface area contributed by atoms with Gasteiger partial charge in [0.05, 0.1) is 36.7 Å². The molecule has 0 spiro atoms. The lowest BCUT2D eigenvalue weighted by atomic mass is 9.80. The molecule has 1 aromatic heterocycles. The van der Waals surface area contributed by atoms with Crippen LogP contribution in [0.4, 0.5) is 23.4 Å². The van der Waals surface area contributed by atoms with Crippen molar-refractivity contribution in [2.45, 2.75) is 56.5 Å². The van der Waals surface area contributed by atoms with Crippen molar-refractivity contribution >= 4 is 23.5 Å². The molecule has 4 heterocycles. The van der Waals surface area contributed by atoms with Crippen molar-refractivity contribution in [2.24, 2.45) is 0 Å². The lowest BCUT2D eigenvalue weighted by molar-refractivity contribution is -0.137. The van der Waals surface area contributed by atoms with E-state index in [0.717, 1.165) is 31.0 Å². The number of likely N-dealkylation sites (N-methyl/N-ethyl adjacent to an activating group) is 1. The Balaban J connectivity index is 1.28. The molecule has 2 saturated heterocycles. The summed E-state index contributed by atoms with van der Waals surface area (Å²) in [4.78, 5) is 45.4. The van der Waals surface area contributed by atoms with Crippen LogP contribution >= 0.6 is 0 Å². The molecule has 14 heteroatoms. The summed E-state index contributed by atoms with van der Waals surface area (Å²) in [6, 6.07) is 17.5. The largest absolute Gasteiger partial charge is 0.416 e. The normalized spacial score (nSPS) is 21.3. The minimum Gasteiger partial charge on any atom is -0.378 e. The number of anilines is 1. The van der Waals surface area contributed by atoms with E-state index in [2.05, 4.69) is 22.1 Å². The Morgan fingerprint density at radius 1 is 0.981 bits per heavy atom. The second-order valence-electron chi connectivity index (χ2n) is 13.5. The molecule has 0 saturated carbocycles. The van der Waals surface area contributed by atoms with Gasteiger partial charge >= 0.3 is 6.18 Å². The fourth-order valence-electron chi connectivity index (χ4n) is 7.60. The van der Waals surface area contributed by atoms with Crippen LogP contribution in [-0.2, 0) is 27.0 Å². The Bertz CT molecular complexity index is 2020. The number of hydrogen-bond acceptors (Lipinski definition) is 6. The summed E-state index contributed by atoms with van der Waals surface area (Å²) >= 11 is 0. The van der Waals surface area contributed by atoms with Crippen molar-refractivity contribution in [3.63, 3.8) is 0 Å². The van der Waals surface area contributed by atoms with Gasteiger partial charge in [0.2, 0.25) is 5.91 Å². The van der Waals surface area contributed by atoms with Crippen LogP contribution in [0.2, 0.25) is 0 Å². The number of carbonyl (C=O) groups is 3. The zero-order valence-electron chi connectivity index (χ0n) is 28.9. The van der Waals surface area contributed by atoms with Crippen LogP contribution in [0.25, 0.3) is 5.69 Å². The zero-order valence-corrected chi connectivity index (χ0v) is 28.9. The predicted molar refractivity (Wildman–Crippen MR) is 188 cm³/mol. The maximum absolute atomic E-state index is 14.5. The van der Waals surface area contributed by atoms with E-state index in [4.69, 9.17) is 9.84 Å². The van der Waals surface area contributed by atoms with Gasteiger partial charge in [0.15, 0.2) is 0 Å². The molecule has 3 aromatic carbocycles. The molecule has 4 aromatic rings. The number of aromatic nitrogens is 2. The van der Waals surface area contributed by atoms with Crippen molar-refractivity contribution in [2.75, 3.05) is 31.2 Å². The van der Waals surface area contributed by atoms with E-state index < -0.39 is 41.3 Å². The fraction of sp³-hybridized carbons (Fsp3) is 0.333. The molecule has 0 radical (unpaired) electrons. The molecular weight excluding hydrogens is 692 g/mol. The summed E-state index contributed by atoms with van der Waals surface area (Å²) in [5.74, 6) is -2.96. The monoisotopic (exact) mass is 730 g/mol. The average molecular weight is 731 g/mol. The van der Waals surface area contributed by atoms with Crippen LogP contribution in [0.15, 0.2) is 91.0 Å². The molecule has 2 bridgehead atoms. The van der Waals surface area contributed by atoms with Gasteiger partial charge in [-0.25, -0.2) is 9.07 Å². The van der Waals surface area contributed by atoms with Crippen molar-refractivity contribution < 1.29 is 36.7 Å². The smallest absolute Gasteiger partial charge is 0.378 e.